The lowest BCUT2D eigenvalue weighted by atomic mass is 9.58. The molecule has 0 aliphatic heterocycles. The predicted octanol–water partition coefficient (Wildman–Crippen LogP) is 6.74. The molecule has 12 rings (SSSR count). The summed E-state index contributed by atoms with van der Waals surface area (Å²) < 4.78 is 2.22. The van der Waals surface area contributed by atoms with Crippen LogP contribution in [-0.2, 0) is 0 Å². The highest BCUT2D eigenvalue weighted by atomic mass is 32.3. The Morgan fingerprint density at radius 3 is 0.848 bits per heavy atom. The van der Waals surface area contributed by atoms with Crippen molar-refractivity contribution >= 4 is 175 Å². The highest BCUT2D eigenvalue weighted by molar-refractivity contribution is 8.34. The zero-order valence-electron chi connectivity index (χ0n) is 43.1. The maximum absolute atomic E-state index is 7.33. The molecule has 13 heteroatoms. The first-order chi connectivity index (χ1) is 38.4. The molecule has 0 aliphatic rings. The van der Waals surface area contributed by atoms with Crippen LogP contribution in [0.5, 0.6) is 0 Å². The van der Waals surface area contributed by atoms with E-state index in [0.29, 0.717) is 27.9 Å². The average molecular weight is 1020 g/mol. The molecule has 79 heavy (non-hydrogen) atoms. The number of hydrogen-bond donors (Lipinski definition) is 0. The number of fused-ring (bicyclic) bond motifs is 3. The molecule has 350 valence electrons. The van der Waals surface area contributed by atoms with E-state index in [1.165, 1.54) is 14.7 Å². The van der Waals surface area contributed by atoms with Gasteiger partial charge in [-0.3, -0.25) is 0 Å². The summed E-state index contributed by atoms with van der Waals surface area (Å²) in [6.07, 6.45) is 0. The monoisotopic (exact) mass is 1020 g/mol. The average Bonchev–Trinajstić information content (AvgIpc) is 4.11. The molecule has 12 aromatic rings. The fraction of sp³-hybridized carbons (Fsp3) is 0. The van der Waals surface area contributed by atoms with Crippen molar-refractivity contribution in [1.82, 2.24) is 4.57 Å². The van der Waals surface area contributed by atoms with Gasteiger partial charge in [-0.2, -0.15) is 0 Å². The van der Waals surface area contributed by atoms with Gasteiger partial charge >= 0.3 is 0 Å². The smallest absolute Gasteiger partial charge is 0.113 e. The topological polar surface area (TPSA) is 4.93 Å². The van der Waals surface area contributed by atoms with Crippen LogP contribution in [0.15, 0.2) is 276 Å². The highest BCUT2D eigenvalue weighted by Gasteiger charge is 2.38. The molecule has 1 aromatic heterocycles. The Hall–Kier alpha value is -7.43. The lowest BCUT2D eigenvalue weighted by Gasteiger charge is -2.43. The summed E-state index contributed by atoms with van der Waals surface area (Å²) in [4.78, 5) is 8.66. The molecular weight excluding hydrogens is 979 g/mol. The van der Waals surface area contributed by atoms with E-state index < -0.39 is 20.1 Å². The van der Waals surface area contributed by atoms with Gasteiger partial charge < -0.3 is 4.57 Å². The van der Waals surface area contributed by atoms with Crippen LogP contribution < -0.4 is 54.6 Å². The minimum absolute atomic E-state index is 0.0766. The quantitative estimate of drug-likeness (QED) is 0.127. The minimum atomic E-state index is -2.50. The summed E-state index contributed by atoms with van der Waals surface area (Å²) in [7, 11) is 65.6. The van der Waals surface area contributed by atoms with Gasteiger partial charge in [0.25, 0.3) is 0 Å². The summed E-state index contributed by atoms with van der Waals surface area (Å²) >= 11 is 0. The van der Waals surface area contributed by atoms with Crippen LogP contribution in [0, 0.1) is 0 Å². The summed E-state index contributed by atoms with van der Waals surface area (Å²) in [6.45, 7) is 0. The van der Waals surface area contributed by atoms with E-state index in [0.717, 1.165) is 46.3 Å². The molecule has 0 saturated heterocycles. The number of benzene rings is 11. The molecule has 1 heterocycles. The van der Waals surface area contributed by atoms with Crippen LogP contribution in [0.2, 0.25) is 0 Å². The first-order valence-electron chi connectivity index (χ1n) is 25.6. The van der Waals surface area contributed by atoms with Gasteiger partial charge in [0.1, 0.15) is 78.5 Å². The van der Waals surface area contributed by atoms with E-state index in [9.17, 15) is 0 Å². The van der Waals surface area contributed by atoms with Crippen molar-refractivity contribution in [2.24, 2.45) is 0 Å². The van der Waals surface area contributed by atoms with Gasteiger partial charge in [0.05, 0.1) is 16.7 Å². The lowest BCUT2D eigenvalue weighted by molar-refractivity contribution is 1.16. The van der Waals surface area contributed by atoms with E-state index in [-0.39, 0.29) is 54.6 Å². The van der Waals surface area contributed by atoms with Crippen molar-refractivity contribution in [3.8, 4) is 27.9 Å². The third kappa shape index (κ3) is 8.25. The first kappa shape index (κ1) is 52.3. The van der Waals surface area contributed by atoms with Gasteiger partial charge in [-0.15, -0.1) is 52.8 Å². The lowest BCUT2D eigenvalue weighted by Crippen LogP contribution is -2.55. The second-order valence-electron chi connectivity index (χ2n) is 19.4. The van der Waals surface area contributed by atoms with Crippen LogP contribution >= 0.6 is 20.1 Å². The number of nitrogens with zero attached hydrogens (tertiary/aromatic N) is 1. The molecule has 0 bridgehead atoms. The molecular formula is C66H39B10NS2. The molecule has 0 amide bonds. The SMILES string of the molecule is [B]c1c([B])c([B])c(-c2cc(S(c3ccccc3)(c3ccccc3)c3ccccc3)cc(-c3c([B])c([B])c([B])c([B])c3[B])c2-n2c3ccccc3c3cc(S(c4ccccc4)(c4ccccc4)c4ccccc4)ccc32)c([B])c1[B]. The van der Waals surface area contributed by atoms with Gasteiger partial charge in [0.15, 0.2) is 0 Å². The van der Waals surface area contributed by atoms with Crippen LogP contribution in [-0.4, -0.2) is 83.0 Å². The van der Waals surface area contributed by atoms with Crippen molar-refractivity contribution in [1.29, 1.82) is 0 Å². The second-order valence-corrected chi connectivity index (χ2v) is 25.6. The third-order valence-electron chi connectivity index (χ3n) is 15.2. The Bertz CT molecular complexity index is 3950. The van der Waals surface area contributed by atoms with Crippen LogP contribution in [0.1, 0.15) is 0 Å². The van der Waals surface area contributed by atoms with Gasteiger partial charge in [-0.1, -0.05) is 149 Å². The number of para-hydroxylation sites is 1. The second kappa shape index (κ2) is 21.0. The van der Waals surface area contributed by atoms with Crippen LogP contribution in [0.25, 0.3) is 49.7 Å². The van der Waals surface area contributed by atoms with E-state index in [1.54, 1.807) is 0 Å². The summed E-state index contributed by atoms with van der Waals surface area (Å²) in [5.41, 5.74) is 5.14. The predicted molar refractivity (Wildman–Crippen MR) is 345 cm³/mol. The Labute approximate surface area is 479 Å². The molecule has 0 N–H and O–H groups in total. The van der Waals surface area contributed by atoms with E-state index in [1.807, 2.05) is 24.3 Å². The molecule has 20 radical (unpaired) electrons. The summed E-state index contributed by atoms with van der Waals surface area (Å²) in [5.74, 6) is 0. The van der Waals surface area contributed by atoms with Crippen molar-refractivity contribution < 1.29 is 0 Å². The van der Waals surface area contributed by atoms with E-state index >= 15 is 0 Å². The minimum Gasteiger partial charge on any atom is -0.308 e. The van der Waals surface area contributed by atoms with Crippen molar-refractivity contribution in [2.45, 2.75) is 39.2 Å². The first-order valence-corrected chi connectivity index (χ1v) is 28.9. The third-order valence-corrected chi connectivity index (χ3v) is 23.0. The maximum Gasteiger partial charge on any atom is 0.113 e. The van der Waals surface area contributed by atoms with Crippen LogP contribution in [0.4, 0.5) is 0 Å². The molecule has 0 spiro atoms. The highest BCUT2D eigenvalue weighted by Crippen LogP contribution is 2.75. The van der Waals surface area contributed by atoms with Gasteiger partial charge in [0, 0.05) is 61.1 Å². The van der Waals surface area contributed by atoms with E-state index in [4.69, 9.17) is 78.5 Å². The Kier molecular flexibility index (Phi) is 13.9. The molecule has 0 saturated carbocycles. The molecule has 0 atom stereocenters. The van der Waals surface area contributed by atoms with E-state index in [2.05, 4.69) is 217 Å². The molecule has 11 aromatic carbocycles. The van der Waals surface area contributed by atoms with Crippen molar-refractivity contribution in [2.75, 3.05) is 0 Å². The number of rotatable bonds is 11. The molecule has 0 fully saturated rings. The largest absolute Gasteiger partial charge is 0.308 e. The molecule has 0 unspecified atom stereocenters. The standard InChI is InChI=1S/C66H39B10NS2/c67-56-54(57(68)61(72)64(75)60(56)71)50-38-47(79(43-27-13-4-14-28-43,44-29-15-5-16-30-44)45-31-17-6-18-32-45)39-51(55-58(69)62(73)65(76)63(74)59(55)70)66(50)77-52-34-20-19-33-48(52)49-37-46(35-36-53(49)77)78(40-21-7-1-8-22-40,41-23-9-2-10-24-41)42-25-11-3-12-26-42/h1-39H. The van der Waals surface area contributed by atoms with Gasteiger partial charge in [-0.25, -0.2) is 0 Å². The molecule has 0 aliphatic carbocycles. The Morgan fingerprint density at radius 2 is 0.506 bits per heavy atom. The zero-order valence-corrected chi connectivity index (χ0v) is 44.7. The fourth-order valence-corrected chi connectivity index (χ4v) is 19.3. The normalized spacial score (nSPS) is 12.2. The molecule has 1 nitrogen and oxygen atoms in total. The van der Waals surface area contributed by atoms with Gasteiger partial charge in [0.2, 0.25) is 0 Å². The fourth-order valence-electron chi connectivity index (χ4n) is 11.5. The zero-order chi connectivity index (χ0) is 54.7. The Balaban J connectivity index is 1.32. The van der Waals surface area contributed by atoms with Crippen LogP contribution in [0.3, 0.4) is 0 Å². The van der Waals surface area contributed by atoms with Gasteiger partial charge in [-0.05, 0) is 120 Å². The number of hydrogen-bond acceptors (Lipinski definition) is 0. The summed E-state index contributed by atoms with van der Waals surface area (Å²) in [5, 5.41) is 1.94. The van der Waals surface area contributed by atoms with Crippen molar-refractivity contribution in [3.05, 3.63) is 237 Å². The summed E-state index contributed by atoms with van der Waals surface area (Å²) in [6, 6.07) is 83.2. The maximum atomic E-state index is 7.33. The van der Waals surface area contributed by atoms with Crippen molar-refractivity contribution in [3.63, 3.8) is 0 Å². The number of aromatic nitrogens is 1. The Morgan fingerprint density at radius 1 is 0.228 bits per heavy atom.